The van der Waals surface area contributed by atoms with Crippen LogP contribution in [0, 0.1) is 0 Å². The molecule has 0 radical (unpaired) electrons. The fourth-order valence-corrected chi connectivity index (χ4v) is 2.74. The second-order valence-electron chi connectivity index (χ2n) is 6.14. The van der Waals surface area contributed by atoms with E-state index in [0.29, 0.717) is 17.2 Å². The number of amides is 1. The summed E-state index contributed by atoms with van der Waals surface area (Å²) < 4.78 is 5.95. The van der Waals surface area contributed by atoms with Crippen molar-refractivity contribution in [2.24, 2.45) is 0 Å². The summed E-state index contributed by atoms with van der Waals surface area (Å²) in [6.45, 7) is 0. The van der Waals surface area contributed by atoms with Gasteiger partial charge < -0.3 is 15.2 Å². The van der Waals surface area contributed by atoms with E-state index in [1.165, 1.54) is 12.1 Å². The smallest absolute Gasteiger partial charge is 0.337 e. The molecular formula is C22H15N3O4. The second-order valence-corrected chi connectivity index (χ2v) is 6.14. The molecule has 0 bridgehead atoms. The molecule has 2 aromatic heterocycles. The number of carboxylic acids is 1. The zero-order valence-electron chi connectivity index (χ0n) is 15.1. The van der Waals surface area contributed by atoms with Crippen molar-refractivity contribution in [3.05, 3.63) is 90.4 Å². The summed E-state index contributed by atoms with van der Waals surface area (Å²) in [6, 6.07) is 19.1. The van der Waals surface area contributed by atoms with E-state index in [1.54, 1.807) is 36.5 Å². The third-order valence-electron chi connectivity index (χ3n) is 4.19. The Kier molecular flexibility index (Phi) is 4.86. The second kappa shape index (κ2) is 7.77. The molecule has 7 nitrogen and oxygen atoms in total. The minimum atomic E-state index is -1.10. The van der Waals surface area contributed by atoms with Crippen LogP contribution >= 0.6 is 0 Å². The van der Waals surface area contributed by atoms with Crippen molar-refractivity contribution in [2.75, 3.05) is 5.32 Å². The number of pyridine rings is 2. The minimum Gasteiger partial charge on any atom is -0.478 e. The molecule has 142 valence electrons. The molecule has 1 amide bonds. The van der Waals surface area contributed by atoms with Crippen molar-refractivity contribution in [1.82, 2.24) is 9.97 Å². The SMILES string of the molecule is O=C(O)c1ccc(C(=O)Nc2ccc(Oc3ccnc4ccccc34)cc2)nc1. The van der Waals surface area contributed by atoms with E-state index in [1.807, 2.05) is 24.3 Å². The largest absolute Gasteiger partial charge is 0.478 e. The Morgan fingerprint density at radius 1 is 0.897 bits per heavy atom. The van der Waals surface area contributed by atoms with E-state index in [-0.39, 0.29) is 11.3 Å². The van der Waals surface area contributed by atoms with Gasteiger partial charge in [0.15, 0.2) is 0 Å². The molecule has 0 aliphatic carbocycles. The summed E-state index contributed by atoms with van der Waals surface area (Å²) in [5, 5.41) is 12.5. The van der Waals surface area contributed by atoms with Crippen molar-refractivity contribution >= 4 is 28.5 Å². The maximum Gasteiger partial charge on any atom is 0.337 e. The number of para-hydroxylation sites is 1. The van der Waals surface area contributed by atoms with Crippen molar-refractivity contribution in [3.8, 4) is 11.5 Å². The summed E-state index contributed by atoms with van der Waals surface area (Å²) in [5.74, 6) is -0.226. The highest BCUT2D eigenvalue weighted by Crippen LogP contribution is 2.29. The van der Waals surface area contributed by atoms with Crippen LogP contribution in [0.2, 0.25) is 0 Å². The molecule has 29 heavy (non-hydrogen) atoms. The molecule has 4 rings (SSSR count). The Morgan fingerprint density at radius 3 is 2.41 bits per heavy atom. The van der Waals surface area contributed by atoms with Gasteiger partial charge in [-0.3, -0.25) is 14.8 Å². The van der Waals surface area contributed by atoms with E-state index < -0.39 is 11.9 Å². The molecule has 0 saturated heterocycles. The molecule has 7 heteroatoms. The Hall–Kier alpha value is -4.26. The van der Waals surface area contributed by atoms with Gasteiger partial charge in [0, 0.05) is 23.5 Å². The normalized spacial score (nSPS) is 10.5. The van der Waals surface area contributed by atoms with Crippen LogP contribution in [-0.2, 0) is 0 Å². The monoisotopic (exact) mass is 385 g/mol. The minimum absolute atomic E-state index is 0.0201. The number of benzene rings is 2. The first-order valence-corrected chi connectivity index (χ1v) is 8.72. The van der Waals surface area contributed by atoms with Crippen LogP contribution in [0.25, 0.3) is 10.9 Å². The average Bonchev–Trinajstić information content (AvgIpc) is 2.75. The van der Waals surface area contributed by atoms with E-state index >= 15 is 0 Å². The number of carbonyl (C=O) groups is 2. The number of hydrogen-bond donors (Lipinski definition) is 2. The van der Waals surface area contributed by atoms with Crippen molar-refractivity contribution in [1.29, 1.82) is 0 Å². The van der Waals surface area contributed by atoms with Crippen LogP contribution < -0.4 is 10.1 Å². The van der Waals surface area contributed by atoms with Crippen LogP contribution in [0.15, 0.2) is 79.1 Å². The third-order valence-corrected chi connectivity index (χ3v) is 4.19. The predicted octanol–water partition coefficient (Wildman–Crippen LogP) is 4.37. The van der Waals surface area contributed by atoms with Gasteiger partial charge in [0.05, 0.1) is 11.1 Å². The van der Waals surface area contributed by atoms with E-state index in [2.05, 4.69) is 15.3 Å². The maximum absolute atomic E-state index is 12.3. The number of ether oxygens (including phenoxy) is 1. The molecule has 0 aliphatic heterocycles. The molecule has 2 N–H and O–H groups in total. The van der Waals surface area contributed by atoms with Crippen molar-refractivity contribution in [2.45, 2.75) is 0 Å². The van der Waals surface area contributed by atoms with Gasteiger partial charge in [0.25, 0.3) is 5.91 Å². The highest BCUT2D eigenvalue weighted by atomic mass is 16.5. The molecule has 0 unspecified atom stereocenters. The first-order valence-electron chi connectivity index (χ1n) is 8.72. The molecule has 0 atom stereocenters. The molecule has 0 spiro atoms. The first-order chi connectivity index (χ1) is 14.1. The van der Waals surface area contributed by atoms with Gasteiger partial charge in [-0.1, -0.05) is 12.1 Å². The zero-order valence-corrected chi connectivity index (χ0v) is 15.1. The molecule has 0 aliphatic rings. The number of nitrogens with zero attached hydrogens (tertiary/aromatic N) is 2. The molecular weight excluding hydrogens is 370 g/mol. The molecule has 0 fully saturated rings. The van der Waals surface area contributed by atoms with Gasteiger partial charge in [0.1, 0.15) is 17.2 Å². The fraction of sp³-hybridized carbons (Fsp3) is 0. The number of aromatic nitrogens is 2. The van der Waals surface area contributed by atoms with Gasteiger partial charge in [-0.2, -0.15) is 0 Å². The van der Waals surface area contributed by atoms with Gasteiger partial charge in [0.2, 0.25) is 0 Å². The van der Waals surface area contributed by atoms with Crippen molar-refractivity contribution in [3.63, 3.8) is 0 Å². The molecule has 2 aromatic carbocycles. The van der Waals surface area contributed by atoms with Gasteiger partial charge in [-0.25, -0.2) is 4.79 Å². The summed E-state index contributed by atoms with van der Waals surface area (Å²) in [5.41, 5.74) is 1.55. The topological polar surface area (TPSA) is 101 Å². The van der Waals surface area contributed by atoms with Gasteiger partial charge in [-0.05, 0) is 54.6 Å². The summed E-state index contributed by atoms with van der Waals surface area (Å²) in [7, 11) is 0. The van der Waals surface area contributed by atoms with Crippen LogP contribution in [-0.4, -0.2) is 27.0 Å². The Morgan fingerprint density at radius 2 is 1.69 bits per heavy atom. The number of rotatable bonds is 5. The van der Waals surface area contributed by atoms with Crippen LogP contribution in [0.4, 0.5) is 5.69 Å². The highest BCUT2D eigenvalue weighted by molar-refractivity contribution is 6.03. The first kappa shape index (κ1) is 18.1. The average molecular weight is 385 g/mol. The zero-order chi connectivity index (χ0) is 20.2. The lowest BCUT2D eigenvalue weighted by atomic mass is 10.2. The standard InChI is InChI=1S/C22H15N3O4/c26-21(19-10-5-14(13-24-19)22(27)28)25-15-6-8-16(9-7-15)29-20-11-12-23-18-4-2-1-3-17(18)20/h1-13H,(H,25,26)(H,27,28). The maximum atomic E-state index is 12.3. The fourth-order valence-electron chi connectivity index (χ4n) is 2.74. The van der Waals surface area contributed by atoms with E-state index in [0.717, 1.165) is 17.1 Å². The number of carboxylic acid groups (broad SMARTS) is 1. The highest BCUT2D eigenvalue weighted by Gasteiger charge is 2.10. The van der Waals surface area contributed by atoms with Crippen LogP contribution in [0.1, 0.15) is 20.8 Å². The number of carbonyl (C=O) groups excluding carboxylic acids is 1. The Balaban J connectivity index is 1.46. The quantitative estimate of drug-likeness (QED) is 0.529. The number of fused-ring (bicyclic) bond motifs is 1. The van der Waals surface area contributed by atoms with Crippen LogP contribution in [0.5, 0.6) is 11.5 Å². The van der Waals surface area contributed by atoms with E-state index in [9.17, 15) is 9.59 Å². The van der Waals surface area contributed by atoms with Crippen LogP contribution in [0.3, 0.4) is 0 Å². The van der Waals surface area contributed by atoms with Gasteiger partial charge >= 0.3 is 5.97 Å². The molecule has 4 aromatic rings. The number of anilines is 1. The third kappa shape index (κ3) is 4.03. The van der Waals surface area contributed by atoms with Gasteiger partial charge in [-0.15, -0.1) is 0 Å². The lowest BCUT2D eigenvalue weighted by Gasteiger charge is -2.10. The number of aromatic carboxylic acids is 1. The lowest BCUT2D eigenvalue weighted by molar-refractivity contribution is 0.0695. The summed E-state index contributed by atoms with van der Waals surface area (Å²) >= 11 is 0. The molecule has 0 saturated carbocycles. The Labute approximate surface area is 165 Å². The lowest BCUT2D eigenvalue weighted by Crippen LogP contribution is -2.14. The van der Waals surface area contributed by atoms with Crippen molar-refractivity contribution < 1.29 is 19.4 Å². The Bertz CT molecular complexity index is 1180. The number of nitrogens with one attached hydrogen (secondary N) is 1. The molecule has 2 heterocycles. The van der Waals surface area contributed by atoms with E-state index in [4.69, 9.17) is 9.84 Å². The summed E-state index contributed by atoms with van der Waals surface area (Å²) in [4.78, 5) is 31.3. The number of hydrogen-bond acceptors (Lipinski definition) is 5. The predicted molar refractivity (Wildman–Crippen MR) is 107 cm³/mol. The summed E-state index contributed by atoms with van der Waals surface area (Å²) in [6.07, 6.45) is 2.84.